The molecule has 0 saturated heterocycles. The van der Waals surface area contributed by atoms with Crippen LogP contribution in [0, 0.1) is 12.7 Å². The van der Waals surface area contributed by atoms with Crippen LogP contribution in [0.3, 0.4) is 0 Å². The molecule has 3 nitrogen and oxygen atoms in total. The highest BCUT2D eigenvalue weighted by molar-refractivity contribution is 5.94. The average molecular weight is 275 g/mol. The summed E-state index contributed by atoms with van der Waals surface area (Å²) >= 11 is 0. The predicted molar refractivity (Wildman–Crippen MR) is 75.1 cm³/mol. The van der Waals surface area contributed by atoms with Gasteiger partial charge in [-0.05, 0) is 44.5 Å². The lowest BCUT2D eigenvalue weighted by atomic mass is 10.1. The number of furan rings is 1. The molecule has 0 fully saturated rings. The fourth-order valence-corrected chi connectivity index (χ4v) is 2.00. The Morgan fingerprint density at radius 3 is 2.90 bits per heavy atom. The number of amides is 1. The van der Waals surface area contributed by atoms with Crippen LogP contribution in [-0.4, -0.2) is 11.9 Å². The SMILES string of the molecule is Cc1ccc(F)c(C(=O)NC(C)CCc2ccco2)c1. The molecule has 0 bridgehead atoms. The molecule has 1 aromatic heterocycles. The maximum Gasteiger partial charge on any atom is 0.254 e. The highest BCUT2D eigenvalue weighted by atomic mass is 19.1. The lowest BCUT2D eigenvalue weighted by molar-refractivity contribution is 0.0934. The summed E-state index contributed by atoms with van der Waals surface area (Å²) in [7, 11) is 0. The number of carbonyl (C=O) groups excluding carboxylic acids is 1. The van der Waals surface area contributed by atoms with E-state index in [1.54, 1.807) is 18.4 Å². The summed E-state index contributed by atoms with van der Waals surface area (Å²) in [4.78, 5) is 12.0. The molecule has 0 aliphatic heterocycles. The third-order valence-electron chi connectivity index (χ3n) is 3.15. The van der Waals surface area contributed by atoms with Crippen molar-refractivity contribution in [3.8, 4) is 0 Å². The lowest BCUT2D eigenvalue weighted by Gasteiger charge is -2.13. The Labute approximate surface area is 117 Å². The minimum atomic E-state index is -0.494. The number of carbonyl (C=O) groups is 1. The molecule has 1 N–H and O–H groups in total. The van der Waals surface area contributed by atoms with Gasteiger partial charge in [0.2, 0.25) is 0 Å². The van der Waals surface area contributed by atoms with Crippen molar-refractivity contribution in [1.82, 2.24) is 5.32 Å². The van der Waals surface area contributed by atoms with Crippen molar-refractivity contribution < 1.29 is 13.6 Å². The zero-order valence-corrected chi connectivity index (χ0v) is 11.7. The number of rotatable bonds is 5. The first-order valence-electron chi connectivity index (χ1n) is 6.65. The van der Waals surface area contributed by atoms with E-state index in [-0.39, 0.29) is 17.5 Å². The van der Waals surface area contributed by atoms with E-state index < -0.39 is 5.82 Å². The molecule has 0 saturated carbocycles. The molecule has 4 heteroatoms. The molecule has 1 atom stereocenters. The van der Waals surface area contributed by atoms with Gasteiger partial charge in [-0.15, -0.1) is 0 Å². The summed E-state index contributed by atoms with van der Waals surface area (Å²) in [5.41, 5.74) is 0.953. The van der Waals surface area contributed by atoms with Gasteiger partial charge in [0, 0.05) is 12.5 Å². The molecule has 1 unspecified atom stereocenters. The van der Waals surface area contributed by atoms with Crippen LogP contribution in [0.1, 0.15) is 35.0 Å². The summed E-state index contributed by atoms with van der Waals surface area (Å²) in [6, 6.07) is 8.20. The van der Waals surface area contributed by atoms with Crippen LogP contribution in [-0.2, 0) is 6.42 Å². The molecule has 0 aliphatic carbocycles. The number of hydrogen-bond donors (Lipinski definition) is 1. The zero-order valence-electron chi connectivity index (χ0n) is 11.7. The average Bonchev–Trinajstić information content (AvgIpc) is 2.92. The second-order valence-electron chi connectivity index (χ2n) is 4.98. The summed E-state index contributed by atoms with van der Waals surface area (Å²) in [5, 5.41) is 2.81. The smallest absolute Gasteiger partial charge is 0.254 e. The molecule has 1 amide bonds. The van der Waals surface area contributed by atoms with Crippen LogP contribution >= 0.6 is 0 Å². The first-order chi connectivity index (χ1) is 9.56. The third kappa shape index (κ3) is 3.70. The molecule has 20 heavy (non-hydrogen) atoms. The van der Waals surface area contributed by atoms with E-state index in [1.165, 1.54) is 6.07 Å². The van der Waals surface area contributed by atoms with E-state index >= 15 is 0 Å². The van der Waals surface area contributed by atoms with Gasteiger partial charge in [0.05, 0.1) is 11.8 Å². The minimum Gasteiger partial charge on any atom is -0.469 e. The Kier molecular flexibility index (Phi) is 4.56. The Morgan fingerprint density at radius 1 is 1.40 bits per heavy atom. The van der Waals surface area contributed by atoms with E-state index in [4.69, 9.17) is 4.42 Å². The fourth-order valence-electron chi connectivity index (χ4n) is 2.00. The molecule has 0 spiro atoms. The summed E-state index contributed by atoms with van der Waals surface area (Å²) in [6.45, 7) is 3.73. The second kappa shape index (κ2) is 6.37. The van der Waals surface area contributed by atoms with Crippen molar-refractivity contribution in [2.75, 3.05) is 0 Å². The molecule has 0 aliphatic rings. The van der Waals surface area contributed by atoms with E-state index in [0.717, 1.165) is 24.2 Å². The van der Waals surface area contributed by atoms with Gasteiger partial charge in [0.1, 0.15) is 11.6 Å². The fraction of sp³-hybridized carbons (Fsp3) is 0.312. The van der Waals surface area contributed by atoms with Gasteiger partial charge in [-0.25, -0.2) is 4.39 Å². The highest BCUT2D eigenvalue weighted by Gasteiger charge is 2.14. The van der Waals surface area contributed by atoms with E-state index in [0.29, 0.717) is 0 Å². The molecule has 2 rings (SSSR count). The van der Waals surface area contributed by atoms with E-state index in [1.807, 2.05) is 26.0 Å². The summed E-state index contributed by atoms with van der Waals surface area (Å²) in [5.74, 6) is 0.0114. The van der Waals surface area contributed by atoms with Crippen LogP contribution in [0.15, 0.2) is 41.0 Å². The minimum absolute atomic E-state index is 0.0486. The molecule has 1 aromatic carbocycles. The van der Waals surface area contributed by atoms with Gasteiger partial charge < -0.3 is 9.73 Å². The van der Waals surface area contributed by atoms with Crippen LogP contribution in [0.5, 0.6) is 0 Å². The number of halogens is 1. The van der Waals surface area contributed by atoms with Crippen LogP contribution < -0.4 is 5.32 Å². The normalized spacial score (nSPS) is 12.2. The number of hydrogen-bond acceptors (Lipinski definition) is 2. The number of benzene rings is 1. The first-order valence-corrected chi connectivity index (χ1v) is 6.65. The van der Waals surface area contributed by atoms with Crippen LogP contribution in [0.25, 0.3) is 0 Å². The maximum absolute atomic E-state index is 13.6. The van der Waals surface area contributed by atoms with Crippen molar-refractivity contribution >= 4 is 5.91 Å². The predicted octanol–water partition coefficient (Wildman–Crippen LogP) is 3.48. The van der Waals surface area contributed by atoms with Crippen molar-refractivity contribution in [3.63, 3.8) is 0 Å². The third-order valence-corrected chi connectivity index (χ3v) is 3.15. The van der Waals surface area contributed by atoms with Crippen molar-refractivity contribution in [1.29, 1.82) is 0 Å². The monoisotopic (exact) mass is 275 g/mol. The molecule has 1 heterocycles. The molecule has 0 radical (unpaired) electrons. The number of aryl methyl sites for hydroxylation is 2. The first kappa shape index (κ1) is 14.3. The van der Waals surface area contributed by atoms with Crippen LogP contribution in [0.2, 0.25) is 0 Å². The van der Waals surface area contributed by atoms with Gasteiger partial charge in [-0.1, -0.05) is 11.6 Å². The summed E-state index contributed by atoms with van der Waals surface area (Å²) in [6.07, 6.45) is 3.11. The second-order valence-corrected chi connectivity index (χ2v) is 4.98. The Balaban J connectivity index is 1.91. The van der Waals surface area contributed by atoms with Gasteiger partial charge in [0.15, 0.2) is 0 Å². The summed E-state index contributed by atoms with van der Waals surface area (Å²) < 4.78 is 18.8. The van der Waals surface area contributed by atoms with Crippen molar-refractivity contribution in [3.05, 3.63) is 59.3 Å². The number of nitrogens with one attached hydrogen (secondary N) is 1. The largest absolute Gasteiger partial charge is 0.469 e. The van der Waals surface area contributed by atoms with Gasteiger partial charge in [0.25, 0.3) is 5.91 Å². The lowest BCUT2D eigenvalue weighted by Crippen LogP contribution is -2.33. The standard InChI is InChI=1S/C16H18FNO2/c1-11-5-8-15(17)14(10-11)16(19)18-12(2)6-7-13-4-3-9-20-13/h3-5,8-10,12H,6-7H2,1-2H3,(H,18,19). The molecule has 106 valence electrons. The Morgan fingerprint density at radius 2 is 2.20 bits per heavy atom. The maximum atomic E-state index is 13.6. The Hall–Kier alpha value is -2.10. The van der Waals surface area contributed by atoms with Crippen molar-refractivity contribution in [2.45, 2.75) is 32.7 Å². The van der Waals surface area contributed by atoms with Crippen molar-refractivity contribution in [2.24, 2.45) is 0 Å². The Bertz CT molecular complexity index is 578. The van der Waals surface area contributed by atoms with E-state index in [2.05, 4.69) is 5.32 Å². The molecular formula is C16H18FNO2. The topological polar surface area (TPSA) is 42.2 Å². The highest BCUT2D eigenvalue weighted by Crippen LogP contribution is 2.11. The van der Waals surface area contributed by atoms with Gasteiger partial charge in [-0.3, -0.25) is 4.79 Å². The zero-order chi connectivity index (χ0) is 14.5. The molecular weight excluding hydrogens is 257 g/mol. The quantitative estimate of drug-likeness (QED) is 0.907. The van der Waals surface area contributed by atoms with E-state index in [9.17, 15) is 9.18 Å². The van der Waals surface area contributed by atoms with Gasteiger partial charge >= 0.3 is 0 Å². The van der Waals surface area contributed by atoms with Gasteiger partial charge in [-0.2, -0.15) is 0 Å². The molecule has 2 aromatic rings. The van der Waals surface area contributed by atoms with Crippen LogP contribution in [0.4, 0.5) is 4.39 Å².